The van der Waals surface area contributed by atoms with Gasteiger partial charge in [-0.25, -0.2) is 13.1 Å². The molecule has 1 N–H and O–H groups in total. The minimum Gasteiger partial charge on any atom is -0.468 e. The Hall–Kier alpha value is -2.84. The molecule has 26 heavy (non-hydrogen) atoms. The first kappa shape index (κ1) is 18.0. The smallest absolute Gasteiger partial charge is 0.254 e. The zero-order valence-corrected chi connectivity index (χ0v) is 14.9. The molecule has 3 rings (SSSR count). The number of hydrogen-bond acceptors (Lipinski definition) is 5. The standard InChI is InChI=1S/C18H18N2O5S/c1-20(13-16-7-4-10-25-16)18(21)14-5-2-8-17(11-14)26(22,23)19-12-15-6-3-9-24-15/h2-11,19H,12-13H2,1H3. The summed E-state index contributed by atoms with van der Waals surface area (Å²) in [5.74, 6) is 0.841. The van der Waals surface area contributed by atoms with Gasteiger partial charge in [-0.1, -0.05) is 6.07 Å². The van der Waals surface area contributed by atoms with Crippen LogP contribution in [0, 0.1) is 0 Å². The van der Waals surface area contributed by atoms with Gasteiger partial charge in [0, 0.05) is 12.6 Å². The molecule has 0 radical (unpaired) electrons. The van der Waals surface area contributed by atoms with Crippen molar-refractivity contribution in [3.05, 3.63) is 78.1 Å². The monoisotopic (exact) mass is 374 g/mol. The van der Waals surface area contributed by atoms with Gasteiger partial charge in [0.15, 0.2) is 0 Å². The molecule has 0 aliphatic rings. The van der Waals surface area contributed by atoms with Gasteiger partial charge < -0.3 is 13.7 Å². The van der Waals surface area contributed by atoms with E-state index < -0.39 is 10.0 Å². The fourth-order valence-corrected chi connectivity index (χ4v) is 3.43. The predicted octanol–water partition coefficient (Wildman–Crippen LogP) is 2.62. The first-order valence-corrected chi connectivity index (χ1v) is 9.34. The van der Waals surface area contributed by atoms with Crippen molar-refractivity contribution < 1.29 is 22.0 Å². The highest BCUT2D eigenvalue weighted by molar-refractivity contribution is 7.89. The number of carbonyl (C=O) groups excluding carboxylic acids is 1. The van der Waals surface area contributed by atoms with Gasteiger partial charge in [-0.05, 0) is 42.5 Å². The molecule has 0 saturated carbocycles. The van der Waals surface area contributed by atoms with Gasteiger partial charge in [0.25, 0.3) is 5.91 Å². The van der Waals surface area contributed by atoms with E-state index in [0.29, 0.717) is 18.1 Å². The molecule has 2 heterocycles. The lowest BCUT2D eigenvalue weighted by atomic mass is 10.2. The van der Waals surface area contributed by atoms with Crippen molar-refractivity contribution in [1.29, 1.82) is 0 Å². The molecule has 0 aliphatic heterocycles. The Labute approximate surface area is 151 Å². The van der Waals surface area contributed by atoms with E-state index in [9.17, 15) is 13.2 Å². The van der Waals surface area contributed by atoms with Crippen LogP contribution in [0.25, 0.3) is 0 Å². The number of hydrogen-bond donors (Lipinski definition) is 1. The summed E-state index contributed by atoms with van der Waals surface area (Å²) in [6, 6.07) is 12.8. The summed E-state index contributed by atoms with van der Waals surface area (Å²) in [7, 11) is -2.14. The summed E-state index contributed by atoms with van der Waals surface area (Å²) in [5.41, 5.74) is 0.278. The number of furan rings is 2. The Kier molecular flexibility index (Phi) is 5.24. The van der Waals surface area contributed by atoms with Crippen LogP contribution >= 0.6 is 0 Å². The molecule has 0 bridgehead atoms. The SMILES string of the molecule is CN(Cc1ccco1)C(=O)c1cccc(S(=O)(=O)NCc2ccco2)c1. The predicted molar refractivity (Wildman–Crippen MR) is 93.7 cm³/mol. The van der Waals surface area contributed by atoms with Gasteiger partial charge in [-0.15, -0.1) is 0 Å². The molecule has 0 atom stereocenters. The summed E-state index contributed by atoms with van der Waals surface area (Å²) >= 11 is 0. The quantitative estimate of drug-likeness (QED) is 0.686. The summed E-state index contributed by atoms with van der Waals surface area (Å²) in [6.45, 7) is 0.325. The molecule has 0 aliphatic carbocycles. The van der Waals surface area contributed by atoms with Crippen molar-refractivity contribution in [2.24, 2.45) is 0 Å². The first-order valence-electron chi connectivity index (χ1n) is 7.86. The van der Waals surface area contributed by atoms with Crippen LogP contribution in [0.5, 0.6) is 0 Å². The molecule has 0 fully saturated rings. The van der Waals surface area contributed by atoms with Crippen LogP contribution in [0.1, 0.15) is 21.9 Å². The van der Waals surface area contributed by atoms with Crippen molar-refractivity contribution in [1.82, 2.24) is 9.62 Å². The van der Waals surface area contributed by atoms with Crippen LogP contribution in [-0.4, -0.2) is 26.3 Å². The second-order valence-corrected chi connectivity index (χ2v) is 7.44. The minimum atomic E-state index is -3.77. The highest BCUT2D eigenvalue weighted by Crippen LogP contribution is 2.15. The van der Waals surface area contributed by atoms with Crippen LogP contribution < -0.4 is 4.72 Å². The normalized spacial score (nSPS) is 11.4. The van der Waals surface area contributed by atoms with E-state index in [0.717, 1.165) is 0 Å². The van der Waals surface area contributed by atoms with E-state index in [2.05, 4.69) is 4.72 Å². The fourth-order valence-electron chi connectivity index (χ4n) is 2.39. The number of carbonyl (C=O) groups is 1. The van der Waals surface area contributed by atoms with Gasteiger partial charge in [-0.3, -0.25) is 4.79 Å². The summed E-state index contributed by atoms with van der Waals surface area (Å²) < 4.78 is 37.7. The maximum Gasteiger partial charge on any atom is 0.254 e. The van der Waals surface area contributed by atoms with Crippen molar-refractivity contribution >= 4 is 15.9 Å². The van der Waals surface area contributed by atoms with Crippen molar-refractivity contribution in [3.8, 4) is 0 Å². The van der Waals surface area contributed by atoms with E-state index in [-0.39, 0.29) is 22.9 Å². The zero-order valence-electron chi connectivity index (χ0n) is 14.1. The molecule has 1 aromatic carbocycles. The van der Waals surface area contributed by atoms with E-state index in [1.807, 2.05) is 0 Å². The Morgan fingerprint density at radius 2 is 1.73 bits per heavy atom. The summed E-state index contributed by atoms with van der Waals surface area (Å²) in [6.07, 6.45) is 3.00. The highest BCUT2D eigenvalue weighted by Gasteiger charge is 2.19. The van der Waals surface area contributed by atoms with Gasteiger partial charge in [0.1, 0.15) is 11.5 Å². The molecule has 0 spiro atoms. The number of rotatable bonds is 7. The molecule has 2 aromatic heterocycles. The molecule has 1 amide bonds. The van der Waals surface area contributed by atoms with Crippen LogP contribution in [-0.2, 0) is 23.1 Å². The summed E-state index contributed by atoms with van der Waals surface area (Å²) in [4.78, 5) is 14.0. The Morgan fingerprint density at radius 1 is 1.04 bits per heavy atom. The van der Waals surface area contributed by atoms with Crippen LogP contribution in [0.3, 0.4) is 0 Å². The number of amides is 1. The van der Waals surface area contributed by atoms with Gasteiger partial charge in [0.2, 0.25) is 10.0 Å². The Morgan fingerprint density at radius 3 is 2.38 bits per heavy atom. The molecule has 7 nitrogen and oxygen atoms in total. The Bertz CT molecular complexity index is 963. The third kappa shape index (κ3) is 4.22. The maximum atomic E-state index is 12.5. The highest BCUT2D eigenvalue weighted by atomic mass is 32.2. The van der Waals surface area contributed by atoms with E-state index >= 15 is 0 Å². The average Bonchev–Trinajstić information content (AvgIpc) is 3.33. The van der Waals surface area contributed by atoms with Crippen molar-refractivity contribution in [2.45, 2.75) is 18.0 Å². The second kappa shape index (κ2) is 7.59. The first-order chi connectivity index (χ1) is 12.5. The molecule has 0 saturated heterocycles. The second-order valence-electron chi connectivity index (χ2n) is 5.67. The number of sulfonamides is 1. The number of benzene rings is 1. The van der Waals surface area contributed by atoms with Crippen LogP contribution in [0.4, 0.5) is 0 Å². The Balaban J connectivity index is 1.73. The van der Waals surface area contributed by atoms with E-state index in [1.165, 1.54) is 35.6 Å². The van der Waals surface area contributed by atoms with E-state index in [4.69, 9.17) is 8.83 Å². The molecule has 136 valence electrons. The largest absolute Gasteiger partial charge is 0.468 e. The lowest BCUT2D eigenvalue weighted by molar-refractivity contribution is 0.0775. The van der Waals surface area contributed by atoms with Crippen molar-refractivity contribution in [2.75, 3.05) is 7.05 Å². The molecular weight excluding hydrogens is 356 g/mol. The van der Waals surface area contributed by atoms with Crippen LogP contribution in [0.2, 0.25) is 0 Å². The third-order valence-corrected chi connectivity index (χ3v) is 5.13. The van der Waals surface area contributed by atoms with Gasteiger partial charge >= 0.3 is 0 Å². The maximum absolute atomic E-state index is 12.5. The lowest BCUT2D eigenvalue weighted by Crippen LogP contribution is -2.27. The zero-order chi connectivity index (χ0) is 18.6. The number of nitrogens with one attached hydrogen (secondary N) is 1. The fraction of sp³-hybridized carbons (Fsp3) is 0.167. The van der Waals surface area contributed by atoms with E-state index in [1.54, 1.807) is 37.4 Å². The molecule has 3 aromatic rings. The number of nitrogens with zero attached hydrogens (tertiary/aromatic N) is 1. The molecule has 0 unspecified atom stereocenters. The van der Waals surface area contributed by atoms with Gasteiger partial charge in [-0.2, -0.15) is 0 Å². The van der Waals surface area contributed by atoms with Crippen LogP contribution in [0.15, 0.2) is 74.8 Å². The third-order valence-electron chi connectivity index (χ3n) is 3.73. The average molecular weight is 374 g/mol. The minimum absolute atomic E-state index is 0.0151. The topological polar surface area (TPSA) is 92.8 Å². The van der Waals surface area contributed by atoms with Crippen molar-refractivity contribution in [3.63, 3.8) is 0 Å². The molecule has 8 heteroatoms. The summed E-state index contributed by atoms with van der Waals surface area (Å²) in [5, 5.41) is 0. The lowest BCUT2D eigenvalue weighted by Gasteiger charge is -2.16. The molecular formula is C18H18N2O5S. The van der Waals surface area contributed by atoms with Gasteiger partial charge in [0.05, 0.1) is 30.5 Å².